The van der Waals surface area contributed by atoms with Gasteiger partial charge < -0.3 is 0 Å². The first-order valence-corrected chi connectivity index (χ1v) is 10.3. The van der Waals surface area contributed by atoms with Crippen molar-refractivity contribution in [3.8, 4) is 0 Å². The Balaban J connectivity index is 1.61. The minimum absolute atomic E-state index is 0.322. The van der Waals surface area contributed by atoms with E-state index in [9.17, 15) is 18.0 Å². The maximum atomic E-state index is 13.1. The normalized spacial score (nSPS) is 49.9. The van der Waals surface area contributed by atoms with Gasteiger partial charge in [-0.25, -0.2) is 0 Å². The van der Waals surface area contributed by atoms with Crippen molar-refractivity contribution in [2.75, 3.05) is 0 Å². The molecule has 0 amide bonds. The van der Waals surface area contributed by atoms with Gasteiger partial charge in [0.05, 0.1) is 0 Å². The van der Waals surface area contributed by atoms with E-state index in [2.05, 4.69) is 6.92 Å². The zero-order valence-electron chi connectivity index (χ0n) is 15.5. The van der Waals surface area contributed by atoms with Crippen LogP contribution in [0.5, 0.6) is 0 Å². The highest BCUT2D eigenvalue weighted by molar-refractivity contribution is 5.87. The predicted octanol–water partition coefficient (Wildman–Crippen LogP) is 6.17. The van der Waals surface area contributed by atoms with E-state index < -0.39 is 23.3 Å². The number of rotatable bonds is 1. The number of ketones is 1. The van der Waals surface area contributed by atoms with Crippen molar-refractivity contribution in [2.45, 2.75) is 84.2 Å². The Labute approximate surface area is 149 Å². The molecular weight excluding hydrogens is 325 g/mol. The average molecular weight is 356 g/mol. The molecule has 4 aliphatic rings. The van der Waals surface area contributed by atoms with Gasteiger partial charge in [0.1, 0.15) is 0 Å². The first kappa shape index (κ1) is 17.9. The van der Waals surface area contributed by atoms with Gasteiger partial charge in [-0.1, -0.05) is 26.7 Å². The summed E-state index contributed by atoms with van der Waals surface area (Å²) in [5.74, 6) is 0.112. The zero-order valence-corrected chi connectivity index (χ0v) is 15.5. The van der Waals surface area contributed by atoms with Crippen LogP contribution in [-0.4, -0.2) is 12.0 Å². The van der Waals surface area contributed by atoms with Gasteiger partial charge in [-0.2, -0.15) is 13.2 Å². The van der Waals surface area contributed by atoms with E-state index in [4.69, 9.17) is 0 Å². The lowest BCUT2D eigenvalue weighted by atomic mass is 9.45. The Morgan fingerprint density at radius 1 is 0.840 bits per heavy atom. The minimum Gasteiger partial charge on any atom is -0.289 e. The maximum absolute atomic E-state index is 13.1. The number of carbonyl (C=O) groups excluding carboxylic acids is 1. The molecule has 0 aromatic rings. The molecule has 4 saturated carbocycles. The Morgan fingerprint density at radius 2 is 1.56 bits per heavy atom. The summed E-state index contributed by atoms with van der Waals surface area (Å²) in [4.78, 5) is 12.1. The molecule has 7 atom stereocenters. The molecule has 4 rings (SSSR count). The van der Waals surface area contributed by atoms with Crippen LogP contribution in [0.1, 0.15) is 78.1 Å². The number of carbonyl (C=O) groups is 1. The van der Waals surface area contributed by atoms with Gasteiger partial charge in [-0.3, -0.25) is 4.79 Å². The standard InChI is InChI=1S/C21H31F3O/c1-19-11-4-3-5-13(19)6-7-14-15-8-9-17(18(25)21(22,23)24)20(15,2)12-10-16(14)19/h13-17H,3-12H2,1-2H3/t13-,14+,15+,16+,17-,19+,20+/m1/s1. The summed E-state index contributed by atoms with van der Waals surface area (Å²) in [7, 11) is 0. The van der Waals surface area contributed by atoms with E-state index in [0.29, 0.717) is 29.6 Å². The van der Waals surface area contributed by atoms with Crippen LogP contribution in [0.2, 0.25) is 0 Å². The van der Waals surface area contributed by atoms with E-state index >= 15 is 0 Å². The maximum Gasteiger partial charge on any atom is 0.450 e. The summed E-state index contributed by atoms with van der Waals surface area (Å²) in [5, 5.41) is 0. The van der Waals surface area contributed by atoms with Crippen LogP contribution in [0.15, 0.2) is 0 Å². The summed E-state index contributed by atoms with van der Waals surface area (Å²) in [6.07, 6.45) is 6.18. The number of alkyl halides is 3. The molecule has 4 aliphatic carbocycles. The van der Waals surface area contributed by atoms with Crippen molar-refractivity contribution in [2.24, 2.45) is 40.4 Å². The third-order valence-corrected chi connectivity index (χ3v) is 9.18. The molecule has 0 saturated heterocycles. The van der Waals surface area contributed by atoms with Gasteiger partial charge >= 0.3 is 6.18 Å². The van der Waals surface area contributed by atoms with Crippen molar-refractivity contribution in [1.82, 2.24) is 0 Å². The van der Waals surface area contributed by atoms with Gasteiger partial charge in [0, 0.05) is 5.92 Å². The SMILES string of the molecule is C[C@]12CCCC[C@@H]1CC[C@@H]1[C@@H]2CC[C@]2(C)[C@@H](C(=O)C(F)(F)F)CC[C@@H]12. The number of hydrogen-bond acceptors (Lipinski definition) is 1. The highest BCUT2D eigenvalue weighted by atomic mass is 19.4. The molecule has 0 bridgehead atoms. The van der Waals surface area contributed by atoms with E-state index in [0.717, 1.165) is 25.2 Å². The molecule has 0 aromatic heterocycles. The lowest BCUT2D eigenvalue weighted by molar-refractivity contribution is -0.182. The van der Waals surface area contributed by atoms with Gasteiger partial charge in [0.25, 0.3) is 0 Å². The van der Waals surface area contributed by atoms with Crippen molar-refractivity contribution in [3.63, 3.8) is 0 Å². The summed E-state index contributed by atoms with van der Waals surface area (Å²) in [6, 6.07) is 0. The average Bonchev–Trinajstić information content (AvgIpc) is 2.89. The lowest BCUT2D eigenvalue weighted by Gasteiger charge is -2.60. The second-order valence-corrected chi connectivity index (χ2v) is 9.94. The number of Topliss-reactive ketones (excluding diaryl/α,β-unsaturated/α-hetero) is 1. The van der Waals surface area contributed by atoms with Crippen molar-refractivity contribution in [3.05, 3.63) is 0 Å². The first-order valence-electron chi connectivity index (χ1n) is 10.3. The fraction of sp³-hybridized carbons (Fsp3) is 0.952. The van der Waals surface area contributed by atoms with Gasteiger partial charge in [-0.15, -0.1) is 0 Å². The molecular formula is C21H31F3O. The van der Waals surface area contributed by atoms with E-state index in [1.807, 2.05) is 6.92 Å². The molecule has 0 unspecified atom stereocenters. The van der Waals surface area contributed by atoms with Crippen LogP contribution in [-0.2, 0) is 4.79 Å². The summed E-state index contributed by atoms with van der Waals surface area (Å²) >= 11 is 0. The van der Waals surface area contributed by atoms with Crippen LogP contribution in [0.25, 0.3) is 0 Å². The third kappa shape index (κ3) is 2.52. The molecule has 0 radical (unpaired) electrons. The van der Waals surface area contributed by atoms with Gasteiger partial charge in [-0.05, 0) is 85.9 Å². The van der Waals surface area contributed by atoms with Crippen LogP contribution in [0.4, 0.5) is 13.2 Å². The topological polar surface area (TPSA) is 17.1 Å². The molecule has 0 N–H and O–H groups in total. The highest BCUT2D eigenvalue weighted by Crippen LogP contribution is 2.67. The largest absolute Gasteiger partial charge is 0.450 e. The van der Waals surface area contributed by atoms with Crippen LogP contribution >= 0.6 is 0 Å². The Hall–Kier alpha value is -0.540. The summed E-state index contributed by atoms with van der Waals surface area (Å²) in [5.41, 5.74) is -0.0275. The molecule has 4 fully saturated rings. The first-order chi connectivity index (χ1) is 11.7. The molecule has 142 valence electrons. The van der Waals surface area contributed by atoms with Crippen LogP contribution in [0, 0.1) is 40.4 Å². The lowest BCUT2D eigenvalue weighted by Crippen LogP contribution is -2.53. The Bertz CT molecular complexity index is 556. The van der Waals surface area contributed by atoms with Crippen molar-refractivity contribution < 1.29 is 18.0 Å². The minimum atomic E-state index is -4.67. The molecule has 0 heterocycles. The van der Waals surface area contributed by atoms with Crippen molar-refractivity contribution in [1.29, 1.82) is 0 Å². The molecule has 0 aliphatic heterocycles. The van der Waals surface area contributed by atoms with Gasteiger partial charge in [0.2, 0.25) is 5.78 Å². The number of hydrogen-bond donors (Lipinski definition) is 0. The molecule has 0 spiro atoms. The Kier molecular flexibility index (Phi) is 4.09. The van der Waals surface area contributed by atoms with E-state index in [1.165, 1.54) is 38.5 Å². The third-order valence-electron chi connectivity index (χ3n) is 9.18. The van der Waals surface area contributed by atoms with E-state index in [-0.39, 0.29) is 0 Å². The smallest absolute Gasteiger partial charge is 0.289 e. The van der Waals surface area contributed by atoms with E-state index in [1.54, 1.807) is 0 Å². The fourth-order valence-electron chi connectivity index (χ4n) is 7.92. The summed E-state index contributed by atoms with van der Waals surface area (Å²) < 4.78 is 39.3. The summed E-state index contributed by atoms with van der Waals surface area (Å²) in [6.45, 7) is 4.48. The van der Waals surface area contributed by atoms with Crippen LogP contribution in [0.3, 0.4) is 0 Å². The van der Waals surface area contributed by atoms with Crippen molar-refractivity contribution >= 4 is 5.78 Å². The molecule has 25 heavy (non-hydrogen) atoms. The highest BCUT2D eigenvalue weighted by Gasteiger charge is 2.63. The molecule has 1 nitrogen and oxygen atoms in total. The fourth-order valence-corrected chi connectivity index (χ4v) is 7.92. The number of fused-ring (bicyclic) bond motifs is 5. The second-order valence-electron chi connectivity index (χ2n) is 9.94. The number of halogens is 3. The Morgan fingerprint density at radius 3 is 2.28 bits per heavy atom. The molecule has 4 heteroatoms. The quantitative estimate of drug-likeness (QED) is 0.549. The monoisotopic (exact) mass is 356 g/mol. The van der Waals surface area contributed by atoms with Crippen LogP contribution < -0.4 is 0 Å². The van der Waals surface area contributed by atoms with Gasteiger partial charge in [0.15, 0.2) is 0 Å². The second kappa shape index (κ2) is 5.73. The molecule has 0 aromatic carbocycles. The zero-order chi connectivity index (χ0) is 18.0. The predicted molar refractivity (Wildman–Crippen MR) is 90.9 cm³/mol.